The zero-order valence-electron chi connectivity index (χ0n) is 18.2. The summed E-state index contributed by atoms with van der Waals surface area (Å²) in [6, 6.07) is 9.17. The van der Waals surface area contributed by atoms with Crippen molar-refractivity contribution in [2.75, 3.05) is 44.7 Å². The molecule has 1 amide bonds. The molecule has 8 heteroatoms. The maximum Gasteiger partial charge on any atom is 0.305 e. The highest BCUT2D eigenvalue weighted by atomic mass is 16.5. The van der Waals surface area contributed by atoms with Crippen LogP contribution in [0.4, 0.5) is 6.01 Å². The van der Waals surface area contributed by atoms with Crippen molar-refractivity contribution in [1.82, 2.24) is 15.2 Å². The van der Waals surface area contributed by atoms with Gasteiger partial charge in [-0.2, -0.15) is 4.98 Å². The number of amides is 1. The number of rotatable bonds is 7. The number of benzene rings is 1. The number of piperidine rings is 2. The Morgan fingerprint density at radius 2 is 1.87 bits per heavy atom. The van der Waals surface area contributed by atoms with Gasteiger partial charge in [0.2, 0.25) is 5.91 Å². The fraction of sp³-hybridized carbons (Fsp3) is 0.609. The van der Waals surface area contributed by atoms with Gasteiger partial charge in [-0.25, -0.2) is 0 Å². The maximum atomic E-state index is 12.4. The average Bonchev–Trinajstić information content (AvgIpc) is 3.26. The maximum absolute atomic E-state index is 12.4. The Morgan fingerprint density at radius 3 is 2.58 bits per heavy atom. The summed E-state index contributed by atoms with van der Waals surface area (Å²) in [5, 5.41) is 2.97. The van der Waals surface area contributed by atoms with E-state index >= 15 is 0 Å². The number of hydrogen-bond acceptors (Lipinski definition) is 7. The first-order valence-electron chi connectivity index (χ1n) is 11.3. The largest absolute Gasteiger partial charge is 0.469 e. The number of hydrogen-bond donors (Lipinski definition) is 1. The van der Waals surface area contributed by atoms with Crippen LogP contribution in [0.2, 0.25) is 0 Å². The third kappa shape index (κ3) is 5.36. The Bertz CT molecular complexity index is 850. The second kappa shape index (κ2) is 10.1. The molecule has 0 saturated carbocycles. The Hall–Kier alpha value is -2.61. The van der Waals surface area contributed by atoms with Crippen molar-refractivity contribution in [2.24, 2.45) is 5.92 Å². The van der Waals surface area contributed by atoms with Crippen molar-refractivity contribution in [2.45, 2.75) is 44.6 Å². The van der Waals surface area contributed by atoms with Crippen LogP contribution in [0.25, 0.3) is 11.1 Å². The predicted octanol–water partition coefficient (Wildman–Crippen LogP) is 2.58. The highest BCUT2D eigenvalue weighted by Gasteiger charge is 2.31. The molecule has 168 valence electrons. The van der Waals surface area contributed by atoms with Crippen LogP contribution < -0.4 is 10.2 Å². The molecule has 0 bridgehead atoms. The lowest BCUT2D eigenvalue weighted by atomic mass is 9.93. The first kappa shape index (κ1) is 21.6. The van der Waals surface area contributed by atoms with Crippen molar-refractivity contribution < 1.29 is 18.7 Å². The highest BCUT2D eigenvalue weighted by molar-refractivity contribution is 5.78. The molecule has 1 N–H and O–H groups in total. The van der Waals surface area contributed by atoms with E-state index in [2.05, 4.69) is 24.8 Å². The number of nitrogens with zero attached hydrogens (tertiary/aromatic N) is 3. The van der Waals surface area contributed by atoms with Crippen molar-refractivity contribution >= 4 is 29.0 Å². The van der Waals surface area contributed by atoms with Gasteiger partial charge in [-0.15, -0.1) is 0 Å². The highest BCUT2D eigenvalue weighted by Crippen LogP contribution is 2.28. The summed E-state index contributed by atoms with van der Waals surface area (Å²) in [6.07, 6.45) is 4.93. The third-order valence-corrected chi connectivity index (χ3v) is 6.52. The van der Waals surface area contributed by atoms with E-state index in [-0.39, 0.29) is 17.8 Å². The molecule has 0 atom stereocenters. The zero-order chi connectivity index (χ0) is 21.6. The van der Waals surface area contributed by atoms with Gasteiger partial charge in [0.05, 0.1) is 7.11 Å². The smallest absolute Gasteiger partial charge is 0.305 e. The van der Waals surface area contributed by atoms with E-state index < -0.39 is 0 Å². The van der Waals surface area contributed by atoms with E-state index in [0.29, 0.717) is 25.4 Å². The monoisotopic (exact) mass is 428 g/mol. The van der Waals surface area contributed by atoms with Gasteiger partial charge in [-0.05, 0) is 57.3 Å². The van der Waals surface area contributed by atoms with Crippen molar-refractivity contribution in [1.29, 1.82) is 0 Å². The lowest BCUT2D eigenvalue weighted by Crippen LogP contribution is -2.49. The number of fused-ring (bicyclic) bond motifs is 1. The van der Waals surface area contributed by atoms with E-state index in [1.165, 1.54) is 7.11 Å². The van der Waals surface area contributed by atoms with Gasteiger partial charge < -0.3 is 24.3 Å². The average molecular weight is 429 g/mol. The van der Waals surface area contributed by atoms with Crippen LogP contribution in [-0.2, 0) is 14.3 Å². The molecule has 2 aliphatic rings. The van der Waals surface area contributed by atoms with Gasteiger partial charge in [0.25, 0.3) is 6.01 Å². The number of ether oxygens (including phenoxy) is 1. The van der Waals surface area contributed by atoms with Crippen LogP contribution >= 0.6 is 0 Å². The predicted molar refractivity (Wildman–Crippen MR) is 118 cm³/mol. The molecule has 8 nitrogen and oxygen atoms in total. The van der Waals surface area contributed by atoms with Crippen LogP contribution in [0, 0.1) is 5.92 Å². The number of aromatic nitrogens is 1. The molecule has 0 spiro atoms. The van der Waals surface area contributed by atoms with Gasteiger partial charge in [-0.3, -0.25) is 9.59 Å². The molecule has 31 heavy (non-hydrogen) atoms. The van der Waals surface area contributed by atoms with Crippen LogP contribution in [0.5, 0.6) is 0 Å². The summed E-state index contributed by atoms with van der Waals surface area (Å²) in [7, 11) is 1.38. The standard InChI is InChI=1S/C23H32N4O4/c1-30-21(28)7-4-12-24-22(29)17-8-13-26(14-9-17)18-10-15-27(16-11-18)23-25-19-5-2-3-6-20(19)31-23/h2-3,5-6,17-18H,4,7-16H2,1H3,(H,24,29). The third-order valence-electron chi connectivity index (χ3n) is 6.52. The van der Waals surface area contributed by atoms with E-state index in [1.807, 2.05) is 24.3 Å². The second-order valence-electron chi connectivity index (χ2n) is 8.46. The number of oxazole rings is 1. The Kier molecular flexibility index (Phi) is 7.06. The molecular formula is C23H32N4O4. The van der Waals surface area contributed by atoms with Crippen LogP contribution in [0.15, 0.2) is 28.7 Å². The number of nitrogens with one attached hydrogen (secondary N) is 1. The summed E-state index contributed by atoms with van der Waals surface area (Å²) < 4.78 is 10.5. The minimum Gasteiger partial charge on any atom is -0.469 e. The van der Waals surface area contributed by atoms with E-state index in [1.54, 1.807) is 0 Å². The van der Waals surface area contributed by atoms with Crippen molar-refractivity contribution in [3.05, 3.63) is 24.3 Å². The van der Waals surface area contributed by atoms with Crippen molar-refractivity contribution in [3.63, 3.8) is 0 Å². The molecule has 0 unspecified atom stereocenters. The zero-order valence-corrected chi connectivity index (χ0v) is 18.2. The number of anilines is 1. The molecule has 1 aromatic carbocycles. The second-order valence-corrected chi connectivity index (χ2v) is 8.46. The summed E-state index contributed by atoms with van der Waals surface area (Å²) in [6.45, 7) is 4.35. The Labute approximate surface area is 182 Å². The fourth-order valence-electron chi connectivity index (χ4n) is 4.64. The first-order chi connectivity index (χ1) is 15.1. The van der Waals surface area contributed by atoms with E-state index in [4.69, 9.17) is 4.42 Å². The summed E-state index contributed by atoms with van der Waals surface area (Å²) in [5.74, 6) is -0.0331. The molecule has 2 saturated heterocycles. The summed E-state index contributed by atoms with van der Waals surface area (Å²) >= 11 is 0. The number of carbonyl (C=O) groups is 2. The summed E-state index contributed by atoms with van der Waals surface area (Å²) in [4.78, 5) is 32.9. The summed E-state index contributed by atoms with van der Waals surface area (Å²) in [5.41, 5.74) is 1.75. The number of para-hydroxylation sites is 2. The van der Waals surface area contributed by atoms with Crippen LogP contribution in [0.1, 0.15) is 38.5 Å². The van der Waals surface area contributed by atoms with Crippen molar-refractivity contribution in [3.8, 4) is 0 Å². The minimum absolute atomic E-state index is 0.0780. The molecule has 0 radical (unpaired) electrons. The Morgan fingerprint density at radius 1 is 1.13 bits per heavy atom. The van der Waals surface area contributed by atoms with E-state index in [0.717, 1.165) is 69.0 Å². The van der Waals surface area contributed by atoms with E-state index in [9.17, 15) is 9.59 Å². The molecule has 2 aromatic rings. The quantitative estimate of drug-likeness (QED) is 0.536. The SMILES string of the molecule is COC(=O)CCCNC(=O)C1CCN(C2CCN(c3nc4ccccc4o3)CC2)CC1. The van der Waals surface area contributed by atoms with Gasteiger partial charge in [0.15, 0.2) is 5.58 Å². The topological polar surface area (TPSA) is 87.9 Å². The Balaban J connectivity index is 1.18. The molecular weight excluding hydrogens is 396 g/mol. The van der Waals surface area contributed by atoms with Gasteiger partial charge >= 0.3 is 5.97 Å². The molecule has 4 rings (SSSR count). The number of esters is 1. The normalized spacial score (nSPS) is 18.9. The van der Waals surface area contributed by atoms with Crippen LogP contribution in [-0.4, -0.2) is 67.6 Å². The minimum atomic E-state index is -0.232. The fourth-order valence-corrected chi connectivity index (χ4v) is 4.64. The lowest BCUT2D eigenvalue weighted by Gasteiger charge is -2.41. The number of carbonyl (C=O) groups excluding carboxylic acids is 2. The van der Waals surface area contributed by atoms with Gasteiger partial charge in [0.1, 0.15) is 5.52 Å². The molecule has 2 fully saturated rings. The number of likely N-dealkylation sites (tertiary alicyclic amines) is 1. The number of methoxy groups -OCH3 is 1. The van der Waals surface area contributed by atoms with Gasteiger partial charge in [-0.1, -0.05) is 12.1 Å². The molecule has 3 heterocycles. The molecule has 0 aliphatic carbocycles. The lowest BCUT2D eigenvalue weighted by molar-refractivity contribution is -0.140. The van der Waals surface area contributed by atoms with Crippen LogP contribution in [0.3, 0.4) is 0 Å². The first-order valence-corrected chi connectivity index (χ1v) is 11.3. The molecule has 1 aromatic heterocycles. The van der Waals surface area contributed by atoms with Gasteiger partial charge in [0, 0.05) is 38.0 Å². The molecule has 2 aliphatic heterocycles.